The quantitative estimate of drug-likeness (QED) is 0.156. The molecule has 0 amide bonds. The van der Waals surface area contributed by atoms with Gasteiger partial charge in [-0.15, -0.1) is 0 Å². The third kappa shape index (κ3) is 6.09. The topological polar surface area (TPSA) is 8.17 Å². The number of allylic oxidation sites excluding steroid dienone is 1. The molecule has 0 saturated heterocycles. The molecule has 0 bridgehead atoms. The first kappa shape index (κ1) is 37.1. The van der Waals surface area contributed by atoms with Gasteiger partial charge in [-0.1, -0.05) is 178 Å². The molecule has 1 aromatic heterocycles. The van der Waals surface area contributed by atoms with Gasteiger partial charge in [0.05, 0.1) is 16.7 Å². The molecule has 0 fully saturated rings. The lowest BCUT2D eigenvalue weighted by Crippen LogP contribution is -2.17. The lowest BCUT2D eigenvalue weighted by atomic mass is 9.82. The van der Waals surface area contributed by atoms with Crippen LogP contribution in [0.25, 0.3) is 78.1 Å². The van der Waals surface area contributed by atoms with Crippen molar-refractivity contribution in [2.24, 2.45) is 0 Å². The highest BCUT2D eigenvalue weighted by atomic mass is 15.1. The molecule has 2 heteroatoms. The molecule has 1 heterocycles. The normalized spacial score (nSPS) is 13.5. The largest absolute Gasteiger partial charge is 0.310 e. The number of nitrogens with zero attached hydrogens (tertiary/aromatic N) is 2. The fraction of sp³-hybridized carbons (Fsp3) is 0.0820. The molecule has 63 heavy (non-hydrogen) atoms. The summed E-state index contributed by atoms with van der Waals surface area (Å²) >= 11 is 0. The van der Waals surface area contributed by atoms with Crippen LogP contribution in [-0.2, 0) is 11.8 Å². The maximum atomic E-state index is 2.47. The van der Waals surface area contributed by atoms with Crippen molar-refractivity contribution in [3.8, 4) is 50.2 Å². The number of hydrogen-bond donors (Lipinski definition) is 0. The van der Waals surface area contributed by atoms with Crippen molar-refractivity contribution in [2.45, 2.75) is 32.1 Å². The van der Waals surface area contributed by atoms with Crippen LogP contribution in [0.2, 0.25) is 0 Å². The Morgan fingerprint density at radius 3 is 1.78 bits per heavy atom. The van der Waals surface area contributed by atoms with E-state index in [0.29, 0.717) is 0 Å². The van der Waals surface area contributed by atoms with Crippen LogP contribution in [0.1, 0.15) is 42.5 Å². The summed E-state index contributed by atoms with van der Waals surface area (Å²) in [6, 6.07) is 76.3. The first-order valence-electron chi connectivity index (χ1n) is 22.2. The van der Waals surface area contributed by atoms with Gasteiger partial charge in [-0.25, -0.2) is 0 Å². The first-order valence-corrected chi connectivity index (χ1v) is 22.2. The van der Waals surface area contributed by atoms with E-state index >= 15 is 0 Å². The van der Waals surface area contributed by atoms with Gasteiger partial charge in [0.1, 0.15) is 0 Å². The van der Waals surface area contributed by atoms with Crippen molar-refractivity contribution in [1.29, 1.82) is 0 Å². The number of fused-ring (bicyclic) bond motifs is 7. The Balaban J connectivity index is 0.985. The summed E-state index contributed by atoms with van der Waals surface area (Å²) in [6.45, 7) is 4.79. The van der Waals surface area contributed by atoms with Crippen molar-refractivity contribution < 1.29 is 0 Å². The zero-order valence-electron chi connectivity index (χ0n) is 35.6. The highest BCUT2D eigenvalue weighted by molar-refractivity contribution is 6.09. The zero-order valence-corrected chi connectivity index (χ0v) is 35.6. The maximum absolute atomic E-state index is 2.47. The predicted octanol–water partition coefficient (Wildman–Crippen LogP) is 16.5. The predicted molar refractivity (Wildman–Crippen MR) is 267 cm³/mol. The van der Waals surface area contributed by atoms with E-state index in [9.17, 15) is 0 Å². The van der Waals surface area contributed by atoms with Crippen molar-refractivity contribution >= 4 is 44.9 Å². The average molecular weight is 807 g/mol. The van der Waals surface area contributed by atoms with Crippen LogP contribution >= 0.6 is 0 Å². The summed E-state index contributed by atoms with van der Waals surface area (Å²) < 4.78 is 2.44. The molecule has 0 saturated carbocycles. The van der Waals surface area contributed by atoms with Crippen LogP contribution in [0.15, 0.2) is 212 Å². The van der Waals surface area contributed by atoms with Crippen molar-refractivity contribution in [2.75, 3.05) is 4.90 Å². The van der Waals surface area contributed by atoms with E-state index in [-0.39, 0.29) is 5.41 Å². The van der Waals surface area contributed by atoms with Crippen molar-refractivity contribution in [1.82, 2.24) is 4.57 Å². The second-order valence-corrected chi connectivity index (χ2v) is 17.6. The van der Waals surface area contributed by atoms with E-state index in [4.69, 9.17) is 0 Å². The van der Waals surface area contributed by atoms with Gasteiger partial charge in [-0.2, -0.15) is 0 Å². The van der Waals surface area contributed by atoms with Gasteiger partial charge in [0, 0.05) is 38.8 Å². The summed E-state index contributed by atoms with van der Waals surface area (Å²) in [5.74, 6) is 0. The van der Waals surface area contributed by atoms with Crippen LogP contribution in [0.3, 0.4) is 0 Å². The Kier molecular flexibility index (Phi) is 8.69. The molecule has 2 aliphatic carbocycles. The smallest absolute Gasteiger partial charge is 0.0541 e. The van der Waals surface area contributed by atoms with Gasteiger partial charge < -0.3 is 9.47 Å². The van der Waals surface area contributed by atoms with Crippen LogP contribution in [0.4, 0.5) is 17.1 Å². The molecular formula is C61H46N2. The van der Waals surface area contributed by atoms with Gasteiger partial charge in [0.2, 0.25) is 0 Å². The SMILES string of the molecule is CC1(C)c2cc(N(c3ccc(-c4cccc5c4CCC=C5)cc3)c3ccccc3-c3ccc(-c4ccccc4)cc3)ccc2-c2ccc(-n3c4ccccc4c4ccccc43)cc21. The monoisotopic (exact) mass is 806 g/mol. The molecule has 0 radical (unpaired) electrons. The Labute approximate surface area is 369 Å². The van der Waals surface area contributed by atoms with Crippen LogP contribution in [-0.4, -0.2) is 4.57 Å². The molecular weight excluding hydrogens is 761 g/mol. The number of rotatable bonds is 7. The minimum Gasteiger partial charge on any atom is -0.310 e. The second-order valence-electron chi connectivity index (χ2n) is 17.6. The fourth-order valence-corrected chi connectivity index (χ4v) is 10.5. The summed E-state index contributed by atoms with van der Waals surface area (Å²) in [5, 5.41) is 2.56. The van der Waals surface area contributed by atoms with E-state index in [0.717, 1.165) is 29.9 Å². The van der Waals surface area contributed by atoms with E-state index in [1.54, 1.807) is 0 Å². The lowest BCUT2D eigenvalue weighted by molar-refractivity contribution is 0.660. The molecule has 300 valence electrons. The van der Waals surface area contributed by atoms with E-state index in [1.165, 1.54) is 94.3 Å². The van der Waals surface area contributed by atoms with E-state index < -0.39 is 0 Å². The number of benzene rings is 9. The average Bonchev–Trinajstić information content (AvgIpc) is 3.80. The Bertz CT molecular complexity index is 3350. The van der Waals surface area contributed by atoms with Gasteiger partial charge in [0.25, 0.3) is 0 Å². The summed E-state index contributed by atoms with van der Waals surface area (Å²) in [4.78, 5) is 2.47. The van der Waals surface area contributed by atoms with Gasteiger partial charge >= 0.3 is 0 Å². The van der Waals surface area contributed by atoms with Crippen LogP contribution < -0.4 is 4.90 Å². The molecule has 0 atom stereocenters. The molecule has 0 N–H and O–H groups in total. The lowest BCUT2D eigenvalue weighted by Gasteiger charge is -2.30. The number of hydrogen-bond acceptors (Lipinski definition) is 1. The standard InChI is InChI=1S/C61H46N2/c1-61(2)56-39-47(35-37-52(56)53-38-36-48(40-57(53)61)63-59-25-12-9-21-54(59)55-22-10-13-26-60(55)63)62(46-33-31-44(32-34-46)50-23-14-18-43-17-6-7-19-49(43)50)58-24-11-8-20-51(58)45-29-27-42(28-30-45)41-15-4-3-5-16-41/h3-6,8-18,20-40H,7,19H2,1-2H3. The molecule has 0 unspecified atom stereocenters. The molecule has 0 spiro atoms. The van der Waals surface area contributed by atoms with Crippen LogP contribution in [0, 0.1) is 0 Å². The van der Waals surface area contributed by atoms with E-state index in [1.807, 2.05) is 0 Å². The molecule has 2 aliphatic rings. The van der Waals surface area contributed by atoms with Crippen molar-refractivity contribution in [3.63, 3.8) is 0 Å². The number of anilines is 3. The van der Waals surface area contributed by atoms with Gasteiger partial charge in [0.15, 0.2) is 0 Å². The first-order chi connectivity index (χ1) is 31.0. The molecule has 9 aromatic carbocycles. The second kappa shape index (κ2) is 14.8. The third-order valence-electron chi connectivity index (χ3n) is 13.7. The number of para-hydroxylation sites is 3. The Morgan fingerprint density at radius 1 is 0.444 bits per heavy atom. The van der Waals surface area contributed by atoms with Crippen LogP contribution in [0.5, 0.6) is 0 Å². The minimum absolute atomic E-state index is 0.237. The Morgan fingerprint density at radius 2 is 1.02 bits per heavy atom. The number of aromatic nitrogens is 1. The summed E-state index contributed by atoms with van der Waals surface area (Å²) in [5.41, 5.74) is 22.3. The van der Waals surface area contributed by atoms with E-state index in [2.05, 4.69) is 242 Å². The highest BCUT2D eigenvalue weighted by Crippen LogP contribution is 2.52. The maximum Gasteiger partial charge on any atom is 0.0541 e. The molecule has 10 aromatic rings. The minimum atomic E-state index is -0.237. The van der Waals surface area contributed by atoms with Gasteiger partial charge in [-0.05, 0) is 129 Å². The van der Waals surface area contributed by atoms with Crippen molar-refractivity contribution in [3.05, 3.63) is 235 Å². The highest BCUT2D eigenvalue weighted by Gasteiger charge is 2.37. The third-order valence-corrected chi connectivity index (χ3v) is 13.7. The summed E-state index contributed by atoms with van der Waals surface area (Å²) in [6.07, 6.45) is 6.72. The Hall–Kier alpha value is -7.68. The van der Waals surface area contributed by atoms with Gasteiger partial charge in [-0.3, -0.25) is 0 Å². The fourth-order valence-electron chi connectivity index (χ4n) is 10.5. The molecule has 12 rings (SSSR count). The zero-order chi connectivity index (χ0) is 42.1. The molecule has 2 nitrogen and oxygen atoms in total. The summed E-state index contributed by atoms with van der Waals surface area (Å²) in [7, 11) is 0. The molecule has 0 aliphatic heterocycles.